The Balaban J connectivity index is 1.68. The summed E-state index contributed by atoms with van der Waals surface area (Å²) in [6.45, 7) is 9.40. The van der Waals surface area contributed by atoms with Crippen molar-refractivity contribution in [2.24, 2.45) is 11.3 Å². The largest absolute Gasteiger partial charge is 0.381 e. The fraction of sp³-hybridized carbons (Fsp3) is 0.536. The van der Waals surface area contributed by atoms with E-state index in [0.29, 0.717) is 24.7 Å². The fourth-order valence-electron chi connectivity index (χ4n) is 5.36. The number of likely N-dealkylation sites (tertiary alicyclic amines) is 1. The van der Waals surface area contributed by atoms with Gasteiger partial charge in [0.1, 0.15) is 11.7 Å². The third kappa shape index (κ3) is 4.72. The van der Waals surface area contributed by atoms with E-state index in [1.54, 1.807) is 12.4 Å². The third-order valence-electron chi connectivity index (χ3n) is 7.34. The molecule has 2 aromatic rings. The van der Waals surface area contributed by atoms with Crippen LogP contribution in [0.4, 0.5) is 0 Å². The Morgan fingerprint density at radius 3 is 2.39 bits per heavy atom. The Labute approximate surface area is 197 Å². The average molecular weight is 449 g/mol. The Kier molecular flexibility index (Phi) is 6.93. The number of aromatic nitrogens is 1. The van der Waals surface area contributed by atoms with Crippen molar-refractivity contribution in [1.82, 2.24) is 9.88 Å². The van der Waals surface area contributed by atoms with Crippen LogP contribution in [0.2, 0.25) is 0 Å². The van der Waals surface area contributed by atoms with Crippen LogP contribution in [0.15, 0.2) is 42.7 Å². The van der Waals surface area contributed by atoms with Crippen molar-refractivity contribution < 1.29 is 14.9 Å². The molecule has 1 aromatic carbocycles. The van der Waals surface area contributed by atoms with Crippen LogP contribution in [0, 0.1) is 23.2 Å². The first-order valence-electron chi connectivity index (χ1n) is 12.0. The summed E-state index contributed by atoms with van der Waals surface area (Å²) in [5, 5.41) is 22.8. The highest BCUT2D eigenvalue weighted by Gasteiger charge is 2.55. The maximum atomic E-state index is 12.3. The summed E-state index contributed by atoms with van der Waals surface area (Å²) in [5.74, 6) is 6.67. The highest BCUT2D eigenvalue weighted by molar-refractivity contribution is 5.44. The number of hydrogen-bond donors (Lipinski definition) is 2. The first-order valence-corrected chi connectivity index (χ1v) is 12.0. The first-order chi connectivity index (χ1) is 15.7. The summed E-state index contributed by atoms with van der Waals surface area (Å²) in [4.78, 5) is 6.64. The maximum Gasteiger partial charge on any atom is 0.124 e. The second-order valence-corrected chi connectivity index (χ2v) is 10.3. The van der Waals surface area contributed by atoms with E-state index in [9.17, 15) is 10.2 Å². The second-order valence-electron chi connectivity index (χ2n) is 10.3. The van der Waals surface area contributed by atoms with Gasteiger partial charge in [0.2, 0.25) is 0 Å². The van der Waals surface area contributed by atoms with Crippen molar-refractivity contribution in [3.8, 4) is 11.8 Å². The van der Waals surface area contributed by atoms with Gasteiger partial charge in [0, 0.05) is 61.2 Å². The summed E-state index contributed by atoms with van der Waals surface area (Å²) in [5.41, 5.74) is 2.01. The van der Waals surface area contributed by atoms with Crippen LogP contribution in [0.5, 0.6) is 0 Å². The molecular weight excluding hydrogens is 412 g/mol. The molecule has 176 valence electrons. The molecule has 2 atom stereocenters. The number of aliphatic hydroxyl groups excluding tert-OH is 1. The van der Waals surface area contributed by atoms with Gasteiger partial charge in [-0.1, -0.05) is 56.9 Å². The van der Waals surface area contributed by atoms with Gasteiger partial charge in [-0.05, 0) is 43.0 Å². The molecular formula is C28H36N2O3. The topological polar surface area (TPSA) is 65.8 Å². The number of rotatable bonds is 5. The molecule has 1 aromatic heterocycles. The highest BCUT2D eigenvalue weighted by atomic mass is 16.5. The minimum Gasteiger partial charge on any atom is -0.381 e. The van der Waals surface area contributed by atoms with Gasteiger partial charge < -0.3 is 19.8 Å². The monoisotopic (exact) mass is 448 g/mol. The zero-order chi connectivity index (χ0) is 23.6. The van der Waals surface area contributed by atoms with Gasteiger partial charge in [-0.2, -0.15) is 0 Å². The van der Waals surface area contributed by atoms with Crippen LogP contribution < -0.4 is 0 Å². The molecule has 0 radical (unpaired) electrons. The Morgan fingerprint density at radius 1 is 1.12 bits per heavy atom. The molecule has 0 aliphatic carbocycles. The van der Waals surface area contributed by atoms with Crippen LogP contribution >= 0.6 is 0 Å². The van der Waals surface area contributed by atoms with Gasteiger partial charge in [-0.15, -0.1) is 0 Å². The average Bonchev–Trinajstić information content (AvgIpc) is 2.81. The second kappa shape index (κ2) is 9.56. The molecule has 2 aliphatic heterocycles. The third-order valence-corrected chi connectivity index (χ3v) is 7.34. The van der Waals surface area contributed by atoms with Crippen LogP contribution in [0.1, 0.15) is 61.8 Å². The van der Waals surface area contributed by atoms with E-state index in [0.717, 1.165) is 37.1 Å². The highest BCUT2D eigenvalue weighted by Crippen LogP contribution is 2.50. The van der Waals surface area contributed by atoms with Crippen LogP contribution in [-0.2, 0) is 10.3 Å². The minimum atomic E-state index is -1.20. The summed E-state index contributed by atoms with van der Waals surface area (Å²) in [6.07, 6.45) is 4.42. The van der Waals surface area contributed by atoms with Crippen molar-refractivity contribution in [2.75, 3.05) is 33.4 Å². The van der Waals surface area contributed by atoms with E-state index in [4.69, 9.17) is 4.74 Å². The number of benzene rings is 1. The van der Waals surface area contributed by atoms with Gasteiger partial charge in [0.25, 0.3) is 0 Å². The van der Waals surface area contributed by atoms with Gasteiger partial charge >= 0.3 is 0 Å². The molecule has 0 spiro atoms. The van der Waals surface area contributed by atoms with Crippen LogP contribution in [0.3, 0.4) is 0 Å². The summed E-state index contributed by atoms with van der Waals surface area (Å²) < 4.78 is 5.38. The van der Waals surface area contributed by atoms with E-state index >= 15 is 0 Å². The minimum absolute atomic E-state index is 0.142. The smallest absolute Gasteiger partial charge is 0.124 e. The molecule has 2 fully saturated rings. The molecule has 4 rings (SSSR count). The molecule has 5 nitrogen and oxygen atoms in total. The Bertz CT molecular complexity index is 1010. The molecule has 33 heavy (non-hydrogen) atoms. The summed E-state index contributed by atoms with van der Waals surface area (Å²) in [7, 11) is 2.07. The predicted octanol–water partition coefficient (Wildman–Crippen LogP) is 3.53. The lowest BCUT2D eigenvalue weighted by Gasteiger charge is -2.55. The van der Waals surface area contributed by atoms with Gasteiger partial charge in [-0.3, -0.25) is 4.98 Å². The Hall–Kier alpha value is -2.23. The lowest BCUT2D eigenvalue weighted by Crippen LogP contribution is -2.63. The molecule has 2 unspecified atom stereocenters. The number of pyridine rings is 1. The molecule has 5 heteroatoms. The number of ether oxygens (including phenoxy) is 1. The molecule has 0 amide bonds. The zero-order valence-corrected chi connectivity index (χ0v) is 20.2. The van der Waals surface area contributed by atoms with Crippen molar-refractivity contribution in [1.29, 1.82) is 0 Å². The van der Waals surface area contributed by atoms with Crippen molar-refractivity contribution >= 4 is 0 Å². The number of nitrogens with zero attached hydrogens (tertiary/aromatic N) is 2. The maximum absolute atomic E-state index is 12.3. The molecule has 2 aliphatic rings. The summed E-state index contributed by atoms with van der Waals surface area (Å²) >= 11 is 0. The van der Waals surface area contributed by atoms with Crippen molar-refractivity contribution in [3.63, 3.8) is 0 Å². The van der Waals surface area contributed by atoms with E-state index in [2.05, 4.69) is 61.7 Å². The van der Waals surface area contributed by atoms with Gasteiger partial charge in [0.05, 0.1) is 0 Å². The quantitative estimate of drug-likeness (QED) is 0.685. The van der Waals surface area contributed by atoms with E-state index in [1.165, 1.54) is 5.56 Å². The standard InChI is InChI=1S/C28H36N2O3/c1-20(2)22-6-8-24(9-7-22)28(32,27(3)18-30(4)19-27)25-15-21(16-29-17-25)5-10-26(31)23-11-13-33-14-12-23/h6-9,15-17,20,23,26,31-32H,11-14,18-19H2,1-4H3. The van der Waals surface area contributed by atoms with E-state index in [-0.39, 0.29) is 11.3 Å². The molecule has 0 bridgehead atoms. The van der Waals surface area contributed by atoms with E-state index < -0.39 is 11.7 Å². The lowest BCUT2D eigenvalue weighted by molar-refractivity contribution is -0.127. The molecule has 0 saturated carbocycles. The van der Waals surface area contributed by atoms with Crippen LogP contribution in [-0.4, -0.2) is 59.6 Å². The summed E-state index contributed by atoms with van der Waals surface area (Å²) in [6, 6.07) is 10.2. The number of aliphatic hydroxyl groups is 2. The first kappa shape index (κ1) is 23.9. The van der Waals surface area contributed by atoms with Crippen LogP contribution in [0.25, 0.3) is 0 Å². The Morgan fingerprint density at radius 2 is 1.79 bits per heavy atom. The van der Waals surface area contributed by atoms with Gasteiger partial charge in [-0.25, -0.2) is 0 Å². The fourth-order valence-corrected chi connectivity index (χ4v) is 5.36. The SMILES string of the molecule is CC(C)c1ccc(C(O)(c2cncc(C#CC(O)C3CCOCC3)c2)C2(C)CN(C)C2)cc1. The number of hydrogen-bond acceptors (Lipinski definition) is 5. The van der Waals surface area contributed by atoms with Crippen molar-refractivity contribution in [2.45, 2.75) is 51.2 Å². The van der Waals surface area contributed by atoms with Gasteiger partial charge in [0.15, 0.2) is 0 Å². The zero-order valence-electron chi connectivity index (χ0n) is 20.2. The predicted molar refractivity (Wildman–Crippen MR) is 130 cm³/mol. The normalized spacial score (nSPS) is 21.5. The lowest BCUT2D eigenvalue weighted by atomic mass is 9.62. The molecule has 2 saturated heterocycles. The van der Waals surface area contributed by atoms with Crippen molar-refractivity contribution in [3.05, 3.63) is 65.0 Å². The van der Waals surface area contributed by atoms with E-state index in [1.807, 2.05) is 18.2 Å². The molecule has 3 heterocycles. The molecule has 2 N–H and O–H groups in total.